The zero-order valence-electron chi connectivity index (χ0n) is 9.62. The van der Waals surface area contributed by atoms with Crippen LogP contribution in [0.4, 0.5) is 5.00 Å². The SMILES string of the molecule is CC(O)Nc1snc2cc(-c3ccsc3)cnc12. The monoisotopic (exact) mass is 277 g/mol. The van der Waals surface area contributed by atoms with Gasteiger partial charge >= 0.3 is 0 Å². The molecule has 0 aliphatic heterocycles. The first kappa shape index (κ1) is 11.6. The minimum absolute atomic E-state index is 0.605. The fourth-order valence-corrected chi connectivity index (χ4v) is 3.17. The molecule has 0 aromatic carbocycles. The molecule has 0 amide bonds. The molecule has 4 nitrogen and oxygen atoms in total. The lowest BCUT2D eigenvalue weighted by atomic mass is 10.1. The van der Waals surface area contributed by atoms with Gasteiger partial charge in [0.1, 0.15) is 22.3 Å². The van der Waals surface area contributed by atoms with Crippen LogP contribution in [0, 0.1) is 0 Å². The molecule has 0 radical (unpaired) electrons. The summed E-state index contributed by atoms with van der Waals surface area (Å²) in [4.78, 5) is 4.43. The summed E-state index contributed by atoms with van der Waals surface area (Å²) >= 11 is 2.98. The zero-order chi connectivity index (χ0) is 12.5. The summed E-state index contributed by atoms with van der Waals surface area (Å²) in [6.45, 7) is 1.67. The van der Waals surface area contributed by atoms with Gasteiger partial charge in [-0.05, 0) is 46.9 Å². The average Bonchev–Trinajstić information content (AvgIpc) is 2.97. The van der Waals surface area contributed by atoms with Gasteiger partial charge < -0.3 is 10.4 Å². The molecular formula is C12H11N3OS2. The number of hydrogen-bond acceptors (Lipinski definition) is 6. The normalized spacial score (nSPS) is 12.8. The number of aromatic nitrogens is 2. The van der Waals surface area contributed by atoms with Crippen LogP contribution in [0.5, 0.6) is 0 Å². The fourth-order valence-electron chi connectivity index (χ4n) is 1.71. The van der Waals surface area contributed by atoms with Crippen LogP contribution in [-0.2, 0) is 0 Å². The highest BCUT2D eigenvalue weighted by atomic mass is 32.1. The molecule has 0 fully saturated rings. The number of aliphatic hydroxyl groups excluding tert-OH is 1. The summed E-state index contributed by atoms with van der Waals surface area (Å²) in [5.41, 5.74) is 3.89. The molecule has 1 atom stereocenters. The molecule has 92 valence electrons. The second-order valence-electron chi connectivity index (χ2n) is 3.94. The van der Waals surface area contributed by atoms with Crippen LogP contribution < -0.4 is 5.32 Å². The highest BCUT2D eigenvalue weighted by Crippen LogP contribution is 2.30. The second-order valence-corrected chi connectivity index (χ2v) is 5.49. The van der Waals surface area contributed by atoms with Crippen molar-refractivity contribution in [3.05, 3.63) is 29.1 Å². The van der Waals surface area contributed by atoms with Gasteiger partial charge in [-0.3, -0.25) is 4.98 Å². The molecule has 1 unspecified atom stereocenters. The Bertz CT molecular complexity index is 661. The predicted octanol–water partition coefficient (Wildman–Crippen LogP) is 3.17. The first-order valence-corrected chi connectivity index (χ1v) is 7.18. The molecule has 3 aromatic rings. The molecule has 0 spiro atoms. The quantitative estimate of drug-likeness (QED) is 0.722. The predicted molar refractivity (Wildman–Crippen MR) is 76.0 cm³/mol. The van der Waals surface area contributed by atoms with E-state index in [0.717, 1.165) is 27.2 Å². The molecule has 0 saturated heterocycles. The highest BCUT2D eigenvalue weighted by molar-refractivity contribution is 7.11. The van der Waals surface area contributed by atoms with Crippen molar-refractivity contribution in [2.24, 2.45) is 0 Å². The molecule has 0 saturated carbocycles. The van der Waals surface area contributed by atoms with Gasteiger partial charge in [0.25, 0.3) is 0 Å². The lowest BCUT2D eigenvalue weighted by Crippen LogP contribution is -2.12. The van der Waals surface area contributed by atoms with Gasteiger partial charge in [-0.25, -0.2) is 0 Å². The standard InChI is InChI=1S/C12H11N3OS2/c1-7(16)14-12-11-10(15-18-12)4-9(5-13-11)8-2-3-17-6-8/h2-7,14,16H,1H3. The van der Waals surface area contributed by atoms with E-state index in [1.165, 1.54) is 11.5 Å². The Hall–Kier alpha value is -1.50. The van der Waals surface area contributed by atoms with E-state index in [1.54, 1.807) is 18.3 Å². The Morgan fingerprint density at radius 3 is 3.00 bits per heavy atom. The number of pyridine rings is 1. The molecule has 0 aliphatic carbocycles. The van der Waals surface area contributed by atoms with Crippen LogP contribution in [-0.4, -0.2) is 20.7 Å². The Kier molecular flexibility index (Phi) is 2.99. The van der Waals surface area contributed by atoms with Gasteiger partial charge in [-0.2, -0.15) is 15.7 Å². The molecular weight excluding hydrogens is 266 g/mol. The third-order valence-corrected chi connectivity index (χ3v) is 3.98. The number of nitrogens with zero attached hydrogens (tertiary/aromatic N) is 2. The van der Waals surface area contributed by atoms with E-state index in [2.05, 4.69) is 26.1 Å². The van der Waals surface area contributed by atoms with E-state index in [1.807, 2.05) is 17.6 Å². The number of anilines is 1. The number of hydrogen-bond donors (Lipinski definition) is 2. The summed E-state index contributed by atoms with van der Waals surface area (Å²) < 4.78 is 4.35. The molecule has 0 aliphatic rings. The highest BCUT2D eigenvalue weighted by Gasteiger charge is 2.10. The summed E-state index contributed by atoms with van der Waals surface area (Å²) in [5, 5.41) is 17.2. The number of rotatable bonds is 3. The van der Waals surface area contributed by atoms with Crippen molar-refractivity contribution < 1.29 is 5.11 Å². The molecule has 6 heteroatoms. The first-order chi connectivity index (χ1) is 8.74. The lowest BCUT2D eigenvalue weighted by Gasteiger charge is -2.05. The van der Waals surface area contributed by atoms with Crippen LogP contribution in [0.3, 0.4) is 0 Å². The van der Waals surface area contributed by atoms with Gasteiger partial charge in [0.05, 0.1) is 0 Å². The van der Waals surface area contributed by atoms with Gasteiger partial charge in [-0.15, -0.1) is 0 Å². The van der Waals surface area contributed by atoms with E-state index in [9.17, 15) is 5.11 Å². The molecule has 0 bridgehead atoms. The van der Waals surface area contributed by atoms with E-state index < -0.39 is 6.23 Å². The van der Waals surface area contributed by atoms with Gasteiger partial charge in [-0.1, -0.05) is 0 Å². The fraction of sp³-hybridized carbons (Fsp3) is 0.167. The number of fused-ring (bicyclic) bond motifs is 1. The first-order valence-electron chi connectivity index (χ1n) is 5.46. The molecule has 2 N–H and O–H groups in total. The van der Waals surface area contributed by atoms with Crippen LogP contribution >= 0.6 is 22.9 Å². The van der Waals surface area contributed by atoms with Crippen molar-refractivity contribution in [2.75, 3.05) is 5.32 Å². The molecule has 18 heavy (non-hydrogen) atoms. The largest absolute Gasteiger partial charge is 0.374 e. The minimum Gasteiger partial charge on any atom is -0.374 e. The van der Waals surface area contributed by atoms with Crippen molar-refractivity contribution >= 4 is 38.9 Å². The van der Waals surface area contributed by atoms with E-state index in [-0.39, 0.29) is 0 Å². The summed E-state index contributed by atoms with van der Waals surface area (Å²) in [7, 11) is 0. The Labute approximate surface area is 112 Å². The summed E-state index contributed by atoms with van der Waals surface area (Å²) in [6.07, 6.45) is 1.23. The van der Waals surface area contributed by atoms with Crippen molar-refractivity contribution in [1.82, 2.24) is 9.36 Å². The molecule has 3 heterocycles. The lowest BCUT2D eigenvalue weighted by molar-refractivity contribution is 0.225. The molecule has 3 rings (SSSR count). The van der Waals surface area contributed by atoms with Crippen LogP contribution in [0.2, 0.25) is 0 Å². The van der Waals surface area contributed by atoms with Crippen LogP contribution in [0.25, 0.3) is 22.2 Å². The Morgan fingerprint density at radius 1 is 1.39 bits per heavy atom. The summed E-state index contributed by atoms with van der Waals surface area (Å²) in [5.74, 6) is 0. The maximum atomic E-state index is 9.33. The van der Waals surface area contributed by atoms with Crippen molar-refractivity contribution in [2.45, 2.75) is 13.2 Å². The third kappa shape index (κ3) is 2.10. The van der Waals surface area contributed by atoms with Gasteiger partial charge in [0.2, 0.25) is 0 Å². The van der Waals surface area contributed by atoms with Crippen molar-refractivity contribution in [3.63, 3.8) is 0 Å². The molecule has 3 aromatic heterocycles. The second kappa shape index (κ2) is 4.64. The van der Waals surface area contributed by atoms with Crippen molar-refractivity contribution in [1.29, 1.82) is 0 Å². The smallest absolute Gasteiger partial charge is 0.138 e. The van der Waals surface area contributed by atoms with Crippen LogP contribution in [0.15, 0.2) is 29.1 Å². The maximum Gasteiger partial charge on any atom is 0.138 e. The van der Waals surface area contributed by atoms with Gasteiger partial charge in [0, 0.05) is 11.8 Å². The van der Waals surface area contributed by atoms with E-state index in [4.69, 9.17) is 0 Å². The zero-order valence-corrected chi connectivity index (χ0v) is 11.3. The number of thiophene rings is 1. The topological polar surface area (TPSA) is 58.0 Å². The maximum absolute atomic E-state index is 9.33. The summed E-state index contributed by atoms with van der Waals surface area (Å²) in [6, 6.07) is 4.09. The number of nitrogens with one attached hydrogen (secondary N) is 1. The van der Waals surface area contributed by atoms with Gasteiger partial charge in [0.15, 0.2) is 0 Å². The van der Waals surface area contributed by atoms with E-state index >= 15 is 0 Å². The average molecular weight is 277 g/mol. The van der Waals surface area contributed by atoms with Crippen molar-refractivity contribution in [3.8, 4) is 11.1 Å². The Morgan fingerprint density at radius 2 is 2.28 bits per heavy atom. The van der Waals surface area contributed by atoms with Crippen LogP contribution in [0.1, 0.15) is 6.92 Å². The minimum atomic E-state index is -0.605. The number of aliphatic hydroxyl groups is 1. The Balaban J connectivity index is 2.04. The third-order valence-electron chi connectivity index (χ3n) is 2.51. The van der Waals surface area contributed by atoms with E-state index in [0.29, 0.717) is 0 Å².